The second kappa shape index (κ2) is 4.80. The molecule has 1 aliphatic rings. The molecule has 0 bridgehead atoms. The molecule has 2 atom stereocenters. The molecule has 0 saturated carbocycles. The molecule has 90 valence electrons. The fourth-order valence-corrected chi connectivity index (χ4v) is 3.88. The van der Waals surface area contributed by atoms with E-state index < -0.39 is 9.84 Å². The van der Waals surface area contributed by atoms with E-state index in [1.807, 2.05) is 6.92 Å². The Labute approximate surface area is 92.7 Å². The quantitative estimate of drug-likeness (QED) is 0.751. The van der Waals surface area contributed by atoms with Crippen molar-refractivity contribution in [2.75, 3.05) is 24.6 Å². The summed E-state index contributed by atoms with van der Waals surface area (Å²) in [5.74, 6) is 1.02. The van der Waals surface area contributed by atoms with Crippen molar-refractivity contribution in [1.82, 2.24) is 4.90 Å². The summed E-state index contributed by atoms with van der Waals surface area (Å²) in [6, 6.07) is 0.398. The van der Waals surface area contributed by atoms with E-state index in [1.165, 1.54) is 0 Å². The van der Waals surface area contributed by atoms with Gasteiger partial charge < -0.3 is 5.73 Å². The van der Waals surface area contributed by atoms with Crippen molar-refractivity contribution < 1.29 is 8.42 Å². The second-order valence-electron chi connectivity index (χ2n) is 4.75. The van der Waals surface area contributed by atoms with E-state index in [4.69, 9.17) is 5.73 Å². The predicted molar refractivity (Wildman–Crippen MR) is 62.5 cm³/mol. The molecule has 15 heavy (non-hydrogen) atoms. The minimum Gasteiger partial charge on any atom is -0.329 e. The Morgan fingerprint density at radius 1 is 1.47 bits per heavy atom. The first-order valence-corrected chi connectivity index (χ1v) is 7.35. The van der Waals surface area contributed by atoms with Crippen LogP contribution in [0.4, 0.5) is 0 Å². The zero-order chi connectivity index (χ0) is 11.6. The van der Waals surface area contributed by atoms with Gasteiger partial charge in [-0.1, -0.05) is 13.8 Å². The highest BCUT2D eigenvalue weighted by molar-refractivity contribution is 7.91. The van der Waals surface area contributed by atoms with Crippen LogP contribution in [-0.2, 0) is 9.84 Å². The summed E-state index contributed by atoms with van der Waals surface area (Å²) >= 11 is 0. The Hall–Kier alpha value is -0.130. The molecule has 1 fully saturated rings. The van der Waals surface area contributed by atoms with Crippen molar-refractivity contribution in [3.05, 3.63) is 0 Å². The van der Waals surface area contributed by atoms with Gasteiger partial charge in [-0.25, -0.2) is 8.42 Å². The lowest BCUT2D eigenvalue weighted by atomic mass is 10.0. The van der Waals surface area contributed by atoms with E-state index in [2.05, 4.69) is 18.7 Å². The Bertz CT molecular complexity index is 301. The van der Waals surface area contributed by atoms with Gasteiger partial charge in [0.15, 0.2) is 9.84 Å². The van der Waals surface area contributed by atoms with Gasteiger partial charge in [-0.05, 0) is 12.8 Å². The number of nitrogens with two attached hydrogens (primary N) is 1. The maximum absolute atomic E-state index is 11.4. The van der Waals surface area contributed by atoms with Crippen molar-refractivity contribution in [2.24, 2.45) is 11.7 Å². The van der Waals surface area contributed by atoms with E-state index in [0.717, 1.165) is 0 Å². The van der Waals surface area contributed by atoms with Crippen LogP contribution >= 0.6 is 0 Å². The molecule has 0 aromatic rings. The van der Waals surface area contributed by atoms with Gasteiger partial charge in [0, 0.05) is 25.2 Å². The SMILES string of the molecule is CC(C)C(CN)N1CCS(=O)(=O)CC1C. The van der Waals surface area contributed by atoms with Gasteiger partial charge in [0.25, 0.3) is 0 Å². The summed E-state index contributed by atoms with van der Waals surface area (Å²) in [4.78, 5) is 2.24. The van der Waals surface area contributed by atoms with Gasteiger partial charge in [0.1, 0.15) is 0 Å². The lowest BCUT2D eigenvalue weighted by molar-refractivity contribution is 0.127. The lowest BCUT2D eigenvalue weighted by Gasteiger charge is -2.40. The molecule has 5 heteroatoms. The molecule has 4 nitrogen and oxygen atoms in total. The average molecular weight is 234 g/mol. The first kappa shape index (κ1) is 12.9. The lowest BCUT2D eigenvalue weighted by Crippen LogP contribution is -2.55. The zero-order valence-electron chi connectivity index (χ0n) is 9.81. The van der Waals surface area contributed by atoms with E-state index in [1.54, 1.807) is 0 Å². The van der Waals surface area contributed by atoms with Crippen LogP contribution in [-0.4, -0.2) is 50.0 Å². The number of sulfone groups is 1. The highest BCUT2D eigenvalue weighted by Crippen LogP contribution is 2.18. The minimum absolute atomic E-state index is 0.0969. The topological polar surface area (TPSA) is 63.4 Å². The predicted octanol–water partition coefficient (Wildman–Crippen LogP) is 0.0886. The van der Waals surface area contributed by atoms with Crippen LogP contribution in [0, 0.1) is 5.92 Å². The molecule has 0 aromatic heterocycles. The molecule has 0 amide bonds. The largest absolute Gasteiger partial charge is 0.329 e. The second-order valence-corrected chi connectivity index (χ2v) is 6.98. The van der Waals surface area contributed by atoms with E-state index in [0.29, 0.717) is 25.0 Å². The molecular weight excluding hydrogens is 212 g/mol. The summed E-state index contributed by atoms with van der Waals surface area (Å²) in [7, 11) is -2.81. The van der Waals surface area contributed by atoms with E-state index in [9.17, 15) is 8.42 Å². The van der Waals surface area contributed by atoms with Crippen molar-refractivity contribution in [1.29, 1.82) is 0 Å². The maximum Gasteiger partial charge on any atom is 0.153 e. The number of nitrogens with zero attached hydrogens (tertiary/aromatic N) is 1. The van der Waals surface area contributed by atoms with Gasteiger partial charge in [0.2, 0.25) is 0 Å². The maximum atomic E-state index is 11.4. The Balaban J connectivity index is 2.72. The summed E-state index contributed by atoms with van der Waals surface area (Å²) in [5, 5.41) is 0. The molecule has 1 heterocycles. The number of hydrogen-bond acceptors (Lipinski definition) is 4. The summed E-state index contributed by atoms with van der Waals surface area (Å²) in [6.07, 6.45) is 0. The first-order chi connectivity index (χ1) is 6.87. The summed E-state index contributed by atoms with van der Waals surface area (Å²) in [5.41, 5.74) is 5.74. The Morgan fingerprint density at radius 2 is 2.07 bits per heavy atom. The van der Waals surface area contributed by atoms with Crippen LogP contribution in [0.5, 0.6) is 0 Å². The highest BCUT2D eigenvalue weighted by atomic mass is 32.2. The summed E-state index contributed by atoms with van der Waals surface area (Å²) in [6.45, 7) is 7.47. The monoisotopic (exact) mass is 234 g/mol. The van der Waals surface area contributed by atoms with Crippen LogP contribution < -0.4 is 5.73 Å². The fraction of sp³-hybridized carbons (Fsp3) is 1.00. The molecule has 0 spiro atoms. The van der Waals surface area contributed by atoms with Crippen molar-refractivity contribution in [3.63, 3.8) is 0 Å². The molecule has 0 aromatic carbocycles. The first-order valence-electron chi connectivity index (χ1n) is 5.53. The van der Waals surface area contributed by atoms with Gasteiger partial charge >= 0.3 is 0 Å². The fourth-order valence-electron chi connectivity index (χ4n) is 2.29. The zero-order valence-corrected chi connectivity index (χ0v) is 10.6. The average Bonchev–Trinajstić information content (AvgIpc) is 2.08. The van der Waals surface area contributed by atoms with Crippen molar-refractivity contribution in [2.45, 2.75) is 32.9 Å². The molecule has 1 rings (SSSR count). The van der Waals surface area contributed by atoms with Gasteiger partial charge in [-0.2, -0.15) is 0 Å². The third-order valence-corrected chi connectivity index (χ3v) is 4.95. The van der Waals surface area contributed by atoms with Crippen LogP contribution in [0.15, 0.2) is 0 Å². The third-order valence-electron chi connectivity index (χ3n) is 3.16. The number of hydrogen-bond donors (Lipinski definition) is 1. The minimum atomic E-state index is -2.81. The van der Waals surface area contributed by atoms with Crippen molar-refractivity contribution in [3.8, 4) is 0 Å². The molecular formula is C10H22N2O2S. The molecule has 1 aliphatic heterocycles. The third kappa shape index (κ3) is 3.16. The van der Waals surface area contributed by atoms with Gasteiger partial charge in [-0.15, -0.1) is 0 Å². The molecule has 0 radical (unpaired) electrons. The van der Waals surface area contributed by atoms with Crippen LogP contribution in [0.3, 0.4) is 0 Å². The smallest absolute Gasteiger partial charge is 0.153 e. The standard InChI is InChI=1S/C10H22N2O2S/c1-8(2)10(6-11)12-4-5-15(13,14)7-9(12)3/h8-10H,4-7,11H2,1-3H3. The number of rotatable bonds is 3. The highest BCUT2D eigenvalue weighted by Gasteiger charge is 2.33. The Kier molecular flexibility index (Phi) is 4.14. The Morgan fingerprint density at radius 3 is 2.47 bits per heavy atom. The molecule has 1 saturated heterocycles. The van der Waals surface area contributed by atoms with E-state index in [-0.39, 0.29) is 17.5 Å². The van der Waals surface area contributed by atoms with Crippen LogP contribution in [0.1, 0.15) is 20.8 Å². The van der Waals surface area contributed by atoms with Gasteiger partial charge in [-0.3, -0.25) is 4.90 Å². The molecule has 2 unspecified atom stereocenters. The van der Waals surface area contributed by atoms with Crippen LogP contribution in [0.2, 0.25) is 0 Å². The van der Waals surface area contributed by atoms with E-state index >= 15 is 0 Å². The molecule has 0 aliphatic carbocycles. The van der Waals surface area contributed by atoms with Gasteiger partial charge in [0.05, 0.1) is 11.5 Å². The van der Waals surface area contributed by atoms with Crippen molar-refractivity contribution >= 4 is 9.84 Å². The normalized spacial score (nSPS) is 29.3. The van der Waals surface area contributed by atoms with Crippen LogP contribution in [0.25, 0.3) is 0 Å². The summed E-state index contributed by atoms with van der Waals surface area (Å²) < 4.78 is 22.9. The molecule has 2 N–H and O–H groups in total.